The summed E-state index contributed by atoms with van der Waals surface area (Å²) in [6.07, 6.45) is 1.98. The van der Waals surface area contributed by atoms with Gasteiger partial charge in [0.15, 0.2) is 5.13 Å². The van der Waals surface area contributed by atoms with Crippen molar-refractivity contribution in [3.05, 3.63) is 64.5 Å². The second-order valence-corrected chi connectivity index (χ2v) is 9.52. The number of para-hydroxylation sites is 1. The number of benzene rings is 2. The van der Waals surface area contributed by atoms with Crippen molar-refractivity contribution in [1.29, 1.82) is 0 Å². The Bertz CT molecular complexity index is 1110. The van der Waals surface area contributed by atoms with Crippen LogP contribution < -0.4 is 10.2 Å². The Hall–Kier alpha value is -2.64. The van der Waals surface area contributed by atoms with Crippen molar-refractivity contribution in [2.45, 2.75) is 26.7 Å². The molecule has 1 aromatic heterocycles. The summed E-state index contributed by atoms with van der Waals surface area (Å²) in [5.74, 6) is 0.419. The number of nitrogens with one attached hydrogen (secondary N) is 1. The number of amides is 2. The first-order chi connectivity index (χ1) is 15.0. The number of rotatable bonds is 6. The van der Waals surface area contributed by atoms with Crippen LogP contribution in [0.4, 0.5) is 10.8 Å². The maximum atomic E-state index is 12.7. The number of fused-ring (bicyclic) bond motifs is 1. The summed E-state index contributed by atoms with van der Waals surface area (Å²) < 4.78 is 0. The van der Waals surface area contributed by atoms with Crippen LogP contribution in [0.2, 0.25) is 0 Å². The van der Waals surface area contributed by atoms with E-state index in [1.54, 1.807) is 0 Å². The van der Waals surface area contributed by atoms with E-state index >= 15 is 0 Å². The first kappa shape index (κ1) is 21.6. The second kappa shape index (κ2) is 9.66. The van der Waals surface area contributed by atoms with E-state index < -0.39 is 0 Å². The fourth-order valence-corrected chi connectivity index (χ4v) is 5.23. The van der Waals surface area contributed by atoms with Crippen molar-refractivity contribution in [3.8, 4) is 11.3 Å². The molecule has 0 saturated heterocycles. The molecule has 0 atom stereocenters. The molecule has 0 unspecified atom stereocenters. The molecule has 31 heavy (non-hydrogen) atoms. The van der Waals surface area contributed by atoms with Crippen molar-refractivity contribution >= 4 is 45.7 Å². The normalized spacial score (nSPS) is 13.0. The number of thiazole rings is 1. The highest BCUT2D eigenvalue weighted by atomic mass is 32.2. The fraction of sp³-hybridized carbons (Fsp3) is 0.292. The van der Waals surface area contributed by atoms with Gasteiger partial charge in [-0.1, -0.05) is 42.0 Å². The molecule has 4 rings (SSSR count). The van der Waals surface area contributed by atoms with Crippen molar-refractivity contribution in [1.82, 2.24) is 4.98 Å². The third-order valence-electron chi connectivity index (χ3n) is 5.28. The second-order valence-electron chi connectivity index (χ2n) is 7.67. The third-order valence-corrected chi connectivity index (χ3v) is 6.95. The van der Waals surface area contributed by atoms with Crippen LogP contribution in [0.15, 0.2) is 47.8 Å². The number of aryl methyl sites for hydroxylation is 3. The van der Waals surface area contributed by atoms with Gasteiger partial charge >= 0.3 is 0 Å². The predicted octanol–water partition coefficient (Wildman–Crippen LogP) is 5.08. The van der Waals surface area contributed by atoms with Gasteiger partial charge in [0.2, 0.25) is 11.8 Å². The molecule has 0 radical (unpaired) electrons. The number of thioether (sulfide) groups is 1. The van der Waals surface area contributed by atoms with Crippen molar-refractivity contribution < 1.29 is 9.59 Å². The maximum absolute atomic E-state index is 12.7. The van der Waals surface area contributed by atoms with Crippen molar-refractivity contribution in [2.75, 3.05) is 28.3 Å². The van der Waals surface area contributed by atoms with Gasteiger partial charge in [0.25, 0.3) is 0 Å². The van der Waals surface area contributed by atoms with E-state index in [1.165, 1.54) is 34.2 Å². The smallest absolute Gasteiger partial charge is 0.236 e. The number of nitrogens with zero attached hydrogens (tertiary/aromatic N) is 2. The van der Waals surface area contributed by atoms with E-state index in [1.807, 2.05) is 28.5 Å². The summed E-state index contributed by atoms with van der Waals surface area (Å²) in [6, 6.07) is 14.3. The number of anilines is 2. The van der Waals surface area contributed by atoms with E-state index in [9.17, 15) is 9.59 Å². The number of carbonyl (C=O) groups is 2. The monoisotopic (exact) mass is 451 g/mol. The Balaban J connectivity index is 1.29. The number of carbonyl (C=O) groups excluding carboxylic acids is 2. The van der Waals surface area contributed by atoms with Gasteiger partial charge in [-0.05, 0) is 43.9 Å². The van der Waals surface area contributed by atoms with E-state index in [0.717, 1.165) is 41.9 Å². The quantitative estimate of drug-likeness (QED) is 0.568. The molecule has 0 spiro atoms. The van der Waals surface area contributed by atoms with Crippen LogP contribution in [0.3, 0.4) is 0 Å². The molecule has 1 N–H and O–H groups in total. The summed E-state index contributed by atoms with van der Waals surface area (Å²) in [4.78, 5) is 31.4. The summed E-state index contributed by atoms with van der Waals surface area (Å²) in [6.45, 7) is 4.87. The Labute approximate surface area is 190 Å². The average molecular weight is 452 g/mol. The van der Waals surface area contributed by atoms with E-state index in [0.29, 0.717) is 5.13 Å². The van der Waals surface area contributed by atoms with E-state index in [-0.39, 0.29) is 23.3 Å². The molecule has 3 aromatic rings. The van der Waals surface area contributed by atoms with Gasteiger partial charge in [0, 0.05) is 23.2 Å². The largest absolute Gasteiger partial charge is 0.311 e. The van der Waals surface area contributed by atoms with Gasteiger partial charge in [0.05, 0.1) is 17.2 Å². The maximum Gasteiger partial charge on any atom is 0.236 e. The standard InChI is InChI=1S/C24H25N3O2S2/c1-16-9-10-19(17(2)12-16)20-13-31-24(25-20)26-22(28)14-30-15-23(29)27-11-5-7-18-6-3-4-8-21(18)27/h3-4,6,8-10,12-13H,5,7,11,14-15H2,1-2H3,(H,25,26,28). The van der Waals surface area contributed by atoms with Gasteiger partial charge in [-0.25, -0.2) is 4.98 Å². The van der Waals surface area contributed by atoms with Crippen molar-refractivity contribution in [3.63, 3.8) is 0 Å². The zero-order valence-corrected chi connectivity index (χ0v) is 19.3. The highest BCUT2D eigenvalue weighted by molar-refractivity contribution is 8.00. The molecular formula is C24H25N3O2S2. The zero-order chi connectivity index (χ0) is 21.8. The molecule has 7 heteroatoms. The lowest BCUT2D eigenvalue weighted by Gasteiger charge is -2.29. The molecule has 1 aliphatic heterocycles. The molecule has 2 amide bonds. The SMILES string of the molecule is Cc1ccc(-c2csc(NC(=O)CSCC(=O)N3CCCc4ccccc43)n2)c(C)c1. The van der Waals surface area contributed by atoms with Crippen LogP contribution in [0, 0.1) is 13.8 Å². The summed E-state index contributed by atoms with van der Waals surface area (Å²) in [7, 11) is 0. The van der Waals surface area contributed by atoms with Gasteiger partial charge in [-0.15, -0.1) is 23.1 Å². The summed E-state index contributed by atoms with van der Waals surface area (Å²) in [5, 5.41) is 5.39. The van der Waals surface area contributed by atoms with Crippen LogP contribution in [0.5, 0.6) is 0 Å². The van der Waals surface area contributed by atoms with E-state index in [4.69, 9.17) is 0 Å². The molecule has 1 aliphatic rings. The minimum Gasteiger partial charge on any atom is -0.311 e. The van der Waals surface area contributed by atoms with Crippen LogP contribution in [0.25, 0.3) is 11.3 Å². The number of hydrogen-bond donors (Lipinski definition) is 1. The first-order valence-corrected chi connectivity index (χ1v) is 12.3. The summed E-state index contributed by atoms with van der Waals surface area (Å²) >= 11 is 2.75. The lowest BCUT2D eigenvalue weighted by atomic mass is 10.0. The molecule has 160 valence electrons. The Kier molecular flexibility index (Phi) is 6.73. The molecule has 2 heterocycles. The molecule has 0 aliphatic carbocycles. The Morgan fingerprint density at radius 1 is 1.16 bits per heavy atom. The lowest BCUT2D eigenvalue weighted by Crippen LogP contribution is -2.36. The molecule has 5 nitrogen and oxygen atoms in total. The minimum absolute atomic E-state index is 0.0522. The Morgan fingerprint density at radius 2 is 2.00 bits per heavy atom. The predicted molar refractivity (Wildman–Crippen MR) is 130 cm³/mol. The third kappa shape index (κ3) is 5.17. The molecule has 0 saturated carbocycles. The van der Waals surface area contributed by atoms with Crippen molar-refractivity contribution in [2.24, 2.45) is 0 Å². The molecule has 0 bridgehead atoms. The number of aromatic nitrogens is 1. The highest BCUT2D eigenvalue weighted by Gasteiger charge is 2.22. The van der Waals surface area contributed by atoms with Crippen LogP contribution in [0.1, 0.15) is 23.1 Å². The van der Waals surface area contributed by atoms with Crippen LogP contribution in [-0.4, -0.2) is 34.8 Å². The van der Waals surface area contributed by atoms with E-state index in [2.05, 4.69) is 48.4 Å². The average Bonchev–Trinajstić information content (AvgIpc) is 3.21. The highest BCUT2D eigenvalue weighted by Crippen LogP contribution is 2.29. The molecule has 0 fully saturated rings. The zero-order valence-electron chi connectivity index (χ0n) is 17.7. The summed E-state index contributed by atoms with van der Waals surface area (Å²) in [5.41, 5.74) is 6.54. The Morgan fingerprint density at radius 3 is 2.84 bits per heavy atom. The molecule has 2 aromatic carbocycles. The van der Waals surface area contributed by atoms with Gasteiger partial charge in [-0.3, -0.25) is 9.59 Å². The topological polar surface area (TPSA) is 62.3 Å². The van der Waals surface area contributed by atoms with Gasteiger partial charge < -0.3 is 10.2 Å². The molecular weight excluding hydrogens is 426 g/mol. The minimum atomic E-state index is -0.140. The van der Waals surface area contributed by atoms with Crippen LogP contribution >= 0.6 is 23.1 Å². The van der Waals surface area contributed by atoms with Gasteiger partial charge in [0.1, 0.15) is 0 Å². The van der Waals surface area contributed by atoms with Crippen LogP contribution in [-0.2, 0) is 16.0 Å². The number of hydrogen-bond acceptors (Lipinski definition) is 5. The fourth-order valence-electron chi connectivity index (χ4n) is 3.81. The first-order valence-electron chi connectivity index (χ1n) is 10.3. The van der Waals surface area contributed by atoms with Gasteiger partial charge in [-0.2, -0.15) is 0 Å². The lowest BCUT2D eigenvalue weighted by molar-refractivity contribution is -0.116.